The van der Waals surface area contributed by atoms with Crippen LogP contribution >= 0.6 is 0 Å². The third kappa shape index (κ3) is 5.06. The third-order valence-corrected chi connectivity index (χ3v) is 2.49. The summed E-state index contributed by atoms with van der Waals surface area (Å²) in [4.78, 5) is 4.79. The van der Waals surface area contributed by atoms with Crippen molar-refractivity contribution in [1.29, 1.82) is 0 Å². The van der Waals surface area contributed by atoms with Crippen LogP contribution in [0.2, 0.25) is 0 Å². The van der Waals surface area contributed by atoms with Gasteiger partial charge in [0.15, 0.2) is 0 Å². The van der Waals surface area contributed by atoms with E-state index >= 15 is 0 Å². The summed E-state index contributed by atoms with van der Waals surface area (Å²) in [6, 6.07) is 0. The van der Waals surface area contributed by atoms with E-state index in [1.165, 1.54) is 38.9 Å². The number of rotatable bonds is 3. The zero-order valence-corrected chi connectivity index (χ0v) is 9.00. The second-order valence-electron chi connectivity index (χ2n) is 4.07. The van der Waals surface area contributed by atoms with Crippen molar-refractivity contribution in [2.75, 3.05) is 40.3 Å². The quantitative estimate of drug-likeness (QED) is 0.612. The van der Waals surface area contributed by atoms with Crippen molar-refractivity contribution in [3.63, 3.8) is 0 Å². The molecule has 76 valence electrons. The van der Waals surface area contributed by atoms with Gasteiger partial charge in [0.1, 0.15) is 0 Å². The summed E-state index contributed by atoms with van der Waals surface area (Å²) in [6.07, 6.45) is 8.63. The van der Waals surface area contributed by atoms with Crippen molar-refractivity contribution >= 4 is 0 Å². The lowest BCUT2D eigenvalue weighted by Crippen LogP contribution is -2.33. The first-order valence-corrected chi connectivity index (χ1v) is 5.31. The van der Waals surface area contributed by atoms with Crippen molar-refractivity contribution in [3.05, 3.63) is 12.2 Å². The molecule has 0 amide bonds. The van der Waals surface area contributed by atoms with E-state index in [1.807, 2.05) is 0 Å². The zero-order chi connectivity index (χ0) is 9.52. The zero-order valence-electron chi connectivity index (χ0n) is 9.00. The first-order valence-electron chi connectivity index (χ1n) is 5.31. The molecule has 0 radical (unpaired) electrons. The van der Waals surface area contributed by atoms with Gasteiger partial charge >= 0.3 is 0 Å². The summed E-state index contributed by atoms with van der Waals surface area (Å²) in [5.41, 5.74) is 0. The van der Waals surface area contributed by atoms with E-state index < -0.39 is 0 Å². The fourth-order valence-corrected chi connectivity index (χ4v) is 1.57. The van der Waals surface area contributed by atoms with Crippen molar-refractivity contribution < 1.29 is 0 Å². The average Bonchev–Trinajstić information content (AvgIpc) is 2.01. The molecule has 0 fully saturated rings. The number of nitrogens with zero attached hydrogens (tertiary/aromatic N) is 2. The molecule has 0 N–H and O–H groups in total. The third-order valence-electron chi connectivity index (χ3n) is 2.49. The van der Waals surface area contributed by atoms with Crippen LogP contribution in [0.5, 0.6) is 0 Å². The van der Waals surface area contributed by atoms with Crippen LogP contribution in [0.15, 0.2) is 12.2 Å². The minimum Gasteiger partial charge on any atom is -0.308 e. The van der Waals surface area contributed by atoms with Gasteiger partial charge in [0, 0.05) is 19.6 Å². The molecule has 0 saturated heterocycles. The molecule has 0 saturated carbocycles. The van der Waals surface area contributed by atoms with E-state index in [1.54, 1.807) is 0 Å². The fraction of sp³-hybridized carbons (Fsp3) is 0.818. The summed E-state index contributed by atoms with van der Waals surface area (Å²) < 4.78 is 0. The Kier molecular flexibility index (Phi) is 5.09. The standard InChI is InChI=1S/C11H22N2/c1-12(2)10-11-13-8-6-4-3-5-7-9-13/h4,6H,3,5,7-11H2,1-2H3/b6-4-. The molecule has 0 atom stereocenters. The lowest BCUT2D eigenvalue weighted by atomic mass is 10.2. The molecule has 1 rings (SSSR count). The smallest absolute Gasteiger partial charge is 0.0163 e. The molecule has 2 heteroatoms. The second kappa shape index (κ2) is 6.17. The molecule has 2 nitrogen and oxygen atoms in total. The van der Waals surface area contributed by atoms with Gasteiger partial charge in [0.25, 0.3) is 0 Å². The predicted molar refractivity (Wildman–Crippen MR) is 58.0 cm³/mol. The van der Waals surface area contributed by atoms with E-state index in [4.69, 9.17) is 0 Å². The summed E-state index contributed by atoms with van der Waals surface area (Å²) in [7, 11) is 4.28. The minimum absolute atomic E-state index is 1.15. The molecule has 13 heavy (non-hydrogen) atoms. The highest BCUT2D eigenvalue weighted by Crippen LogP contribution is 2.04. The Balaban J connectivity index is 2.22. The van der Waals surface area contributed by atoms with Gasteiger partial charge in [-0.2, -0.15) is 0 Å². The molecular formula is C11H22N2. The van der Waals surface area contributed by atoms with E-state index in [0.717, 1.165) is 6.54 Å². The van der Waals surface area contributed by atoms with Gasteiger partial charge in [0.2, 0.25) is 0 Å². The van der Waals surface area contributed by atoms with Crippen LogP contribution < -0.4 is 0 Å². The molecule has 0 aliphatic carbocycles. The van der Waals surface area contributed by atoms with E-state index in [0.29, 0.717) is 0 Å². The molecule has 0 aromatic rings. The van der Waals surface area contributed by atoms with Crippen LogP contribution in [0.3, 0.4) is 0 Å². The van der Waals surface area contributed by atoms with Crippen molar-refractivity contribution in [3.8, 4) is 0 Å². The molecule has 0 bridgehead atoms. The number of likely N-dealkylation sites (N-methyl/N-ethyl adjacent to an activating group) is 1. The molecule has 0 spiro atoms. The van der Waals surface area contributed by atoms with Crippen LogP contribution in [-0.4, -0.2) is 50.1 Å². The number of hydrogen-bond donors (Lipinski definition) is 0. The van der Waals surface area contributed by atoms with Crippen molar-refractivity contribution in [1.82, 2.24) is 9.80 Å². The maximum atomic E-state index is 2.54. The largest absolute Gasteiger partial charge is 0.308 e. The summed E-state index contributed by atoms with van der Waals surface area (Å²) in [6.45, 7) is 4.80. The van der Waals surface area contributed by atoms with E-state index in [2.05, 4.69) is 36.0 Å². The topological polar surface area (TPSA) is 6.48 Å². The molecule has 0 aromatic heterocycles. The lowest BCUT2D eigenvalue weighted by Gasteiger charge is -2.23. The van der Waals surface area contributed by atoms with Gasteiger partial charge in [-0.05, 0) is 39.9 Å². The van der Waals surface area contributed by atoms with Gasteiger partial charge < -0.3 is 4.90 Å². The van der Waals surface area contributed by atoms with E-state index in [-0.39, 0.29) is 0 Å². The Bertz CT molecular complexity index is 152. The fourth-order valence-electron chi connectivity index (χ4n) is 1.57. The van der Waals surface area contributed by atoms with Crippen LogP contribution in [0.25, 0.3) is 0 Å². The molecule has 1 aliphatic heterocycles. The van der Waals surface area contributed by atoms with Crippen LogP contribution in [0.1, 0.15) is 19.3 Å². The monoisotopic (exact) mass is 182 g/mol. The first kappa shape index (κ1) is 10.7. The van der Waals surface area contributed by atoms with Crippen molar-refractivity contribution in [2.45, 2.75) is 19.3 Å². The molecule has 1 aliphatic rings. The van der Waals surface area contributed by atoms with Crippen molar-refractivity contribution in [2.24, 2.45) is 0 Å². The lowest BCUT2D eigenvalue weighted by molar-refractivity contribution is 0.254. The van der Waals surface area contributed by atoms with Crippen LogP contribution in [0, 0.1) is 0 Å². The Morgan fingerprint density at radius 1 is 1.23 bits per heavy atom. The van der Waals surface area contributed by atoms with Gasteiger partial charge in [-0.25, -0.2) is 0 Å². The number of hydrogen-bond acceptors (Lipinski definition) is 2. The summed E-state index contributed by atoms with van der Waals surface area (Å²) in [5.74, 6) is 0. The minimum atomic E-state index is 1.15. The molecule has 1 heterocycles. The Morgan fingerprint density at radius 3 is 2.85 bits per heavy atom. The maximum absolute atomic E-state index is 2.54. The summed E-state index contributed by atoms with van der Waals surface area (Å²) >= 11 is 0. The SMILES string of the molecule is CN(C)CCN1C/C=C\CCCC1. The highest BCUT2D eigenvalue weighted by atomic mass is 15.2. The normalized spacial score (nSPS) is 22.7. The highest BCUT2D eigenvalue weighted by molar-refractivity contribution is 4.86. The molecule has 0 aromatic carbocycles. The van der Waals surface area contributed by atoms with Gasteiger partial charge in [-0.3, -0.25) is 4.90 Å². The van der Waals surface area contributed by atoms with Gasteiger partial charge in [-0.1, -0.05) is 12.2 Å². The Labute approximate surface area is 82.2 Å². The Morgan fingerprint density at radius 2 is 2.08 bits per heavy atom. The van der Waals surface area contributed by atoms with E-state index in [9.17, 15) is 0 Å². The van der Waals surface area contributed by atoms with Gasteiger partial charge in [0.05, 0.1) is 0 Å². The predicted octanol–water partition coefficient (Wildman–Crippen LogP) is 1.59. The summed E-state index contributed by atoms with van der Waals surface area (Å²) in [5, 5.41) is 0. The Hall–Kier alpha value is -0.340. The molecule has 0 unspecified atom stereocenters. The average molecular weight is 182 g/mol. The first-order chi connectivity index (χ1) is 6.29. The maximum Gasteiger partial charge on any atom is 0.0163 e. The van der Waals surface area contributed by atoms with Crippen LogP contribution in [-0.2, 0) is 0 Å². The highest BCUT2D eigenvalue weighted by Gasteiger charge is 2.04. The molecular weight excluding hydrogens is 160 g/mol. The number of allylic oxidation sites excluding steroid dienone is 1. The van der Waals surface area contributed by atoms with Gasteiger partial charge in [-0.15, -0.1) is 0 Å². The second-order valence-corrected chi connectivity index (χ2v) is 4.07. The van der Waals surface area contributed by atoms with Crippen LogP contribution in [0.4, 0.5) is 0 Å².